The second-order valence-electron chi connectivity index (χ2n) is 7.75. The minimum atomic E-state index is -3.76. The van der Waals surface area contributed by atoms with Crippen LogP contribution in [-0.2, 0) is 30.8 Å². The molecule has 1 aliphatic rings. The summed E-state index contributed by atoms with van der Waals surface area (Å²) in [6.45, 7) is 4.79. The van der Waals surface area contributed by atoms with E-state index in [0.717, 1.165) is 11.1 Å². The third-order valence-electron chi connectivity index (χ3n) is 5.43. The Morgan fingerprint density at radius 3 is 2.44 bits per heavy atom. The Kier molecular flexibility index (Phi) is 7.65. The van der Waals surface area contributed by atoms with Gasteiger partial charge in [0.2, 0.25) is 10.0 Å². The number of ether oxygens (including phenoxy) is 2. The fourth-order valence-corrected chi connectivity index (χ4v) is 5.04. The molecule has 2 aromatic carbocycles. The highest BCUT2D eigenvalue weighted by Crippen LogP contribution is 2.23. The van der Waals surface area contributed by atoms with Crippen LogP contribution >= 0.6 is 0 Å². The molecule has 1 saturated heterocycles. The Morgan fingerprint density at radius 2 is 1.75 bits per heavy atom. The number of sulfonamides is 1. The van der Waals surface area contributed by atoms with E-state index in [9.17, 15) is 18.0 Å². The second-order valence-corrected chi connectivity index (χ2v) is 9.66. The van der Waals surface area contributed by atoms with E-state index in [-0.39, 0.29) is 29.5 Å². The molecule has 1 fully saturated rings. The van der Waals surface area contributed by atoms with E-state index in [1.54, 1.807) is 20.0 Å². The molecule has 8 nitrogen and oxygen atoms in total. The van der Waals surface area contributed by atoms with Crippen LogP contribution in [-0.4, -0.2) is 69.5 Å². The molecule has 3 rings (SSSR count). The van der Waals surface area contributed by atoms with E-state index < -0.39 is 22.6 Å². The van der Waals surface area contributed by atoms with Crippen LogP contribution in [0.3, 0.4) is 0 Å². The number of amides is 1. The van der Waals surface area contributed by atoms with Gasteiger partial charge in [-0.3, -0.25) is 4.79 Å². The van der Waals surface area contributed by atoms with Gasteiger partial charge in [-0.2, -0.15) is 4.31 Å². The van der Waals surface area contributed by atoms with Crippen molar-refractivity contribution in [3.63, 3.8) is 0 Å². The van der Waals surface area contributed by atoms with Gasteiger partial charge in [0.15, 0.2) is 6.61 Å². The van der Waals surface area contributed by atoms with E-state index in [0.29, 0.717) is 25.3 Å². The fourth-order valence-electron chi connectivity index (χ4n) is 3.38. The van der Waals surface area contributed by atoms with Crippen molar-refractivity contribution in [3.8, 4) is 0 Å². The van der Waals surface area contributed by atoms with Crippen LogP contribution in [0.1, 0.15) is 27.0 Å². The highest BCUT2D eigenvalue weighted by Gasteiger charge is 2.28. The fraction of sp³-hybridized carbons (Fsp3) is 0.391. The maximum Gasteiger partial charge on any atom is 0.338 e. The summed E-state index contributed by atoms with van der Waals surface area (Å²) in [6, 6.07) is 12.1. The number of nitrogens with zero attached hydrogens (tertiary/aromatic N) is 2. The molecule has 0 unspecified atom stereocenters. The zero-order chi connectivity index (χ0) is 23.3. The van der Waals surface area contributed by atoms with Crippen LogP contribution in [0.25, 0.3) is 0 Å². The van der Waals surface area contributed by atoms with Crippen molar-refractivity contribution in [1.82, 2.24) is 9.21 Å². The predicted molar refractivity (Wildman–Crippen MR) is 119 cm³/mol. The van der Waals surface area contributed by atoms with Gasteiger partial charge in [0, 0.05) is 26.7 Å². The second kappa shape index (κ2) is 10.2. The Morgan fingerprint density at radius 1 is 1.06 bits per heavy atom. The van der Waals surface area contributed by atoms with Gasteiger partial charge >= 0.3 is 5.97 Å². The maximum absolute atomic E-state index is 13.0. The van der Waals surface area contributed by atoms with Crippen molar-refractivity contribution in [3.05, 3.63) is 64.7 Å². The van der Waals surface area contributed by atoms with Crippen LogP contribution in [0.2, 0.25) is 0 Å². The average Bonchev–Trinajstić information content (AvgIpc) is 2.79. The number of carbonyl (C=O) groups excluding carboxylic acids is 2. The zero-order valence-electron chi connectivity index (χ0n) is 18.5. The first-order valence-corrected chi connectivity index (χ1v) is 11.8. The number of morpholine rings is 1. The van der Waals surface area contributed by atoms with Crippen molar-refractivity contribution >= 4 is 21.9 Å². The molecule has 0 aromatic heterocycles. The quantitative estimate of drug-likeness (QED) is 0.588. The van der Waals surface area contributed by atoms with Crippen LogP contribution in [0.4, 0.5) is 0 Å². The summed E-state index contributed by atoms with van der Waals surface area (Å²) in [5.41, 5.74) is 2.68. The van der Waals surface area contributed by atoms with Gasteiger partial charge in [0.25, 0.3) is 5.91 Å². The highest BCUT2D eigenvalue weighted by molar-refractivity contribution is 7.89. The summed E-state index contributed by atoms with van der Waals surface area (Å²) in [4.78, 5) is 26.5. The number of carbonyl (C=O) groups is 2. The molecule has 1 aliphatic heterocycles. The lowest BCUT2D eigenvalue weighted by molar-refractivity contribution is -0.133. The van der Waals surface area contributed by atoms with E-state index >= 15 is 0 Å². The molecule has 1 heterocycles. The molecule has 0 N–H and O–H groups in total. The Labute approximate surface area is 188 Å². The Hall–Kier alpha value is -2.75. The topological polar surface area (TPSA) is 93.2 Å². The summed E-state index contributed by atoms with van der Waals surface area (Å²) in [5, 5.41) is 0. The number of esters is 1. The first-order valence-electron chi connectivity index (χ1n) is 10.3. The smallest absolute Gasteiger partial charge is 0.338 e. The van der Waals surface area contributed by atoms with Crippen molar-refractivity contribution in [2.24, 2.45) is 0 Å². The maximum atomic E-state index is 13.0. The van der Waals surface area contributed by atoms with E-state index in [1.165, 1.54) is 21.3 Å². The summed E-state index contributed by atoms with van der Waals surface area (Å²) >= 11 is 0. The van der Waals surface area contributed by atoms with Crippen LogP contribution in [0, 0.1) is 13.8 Å². The normalized spacial score (nSPS) is 14.7. The number of likely N-dealkylation sites (N-methyl/N-ethyl adjacent to an activating group) is 1. The van der Waals surface area contributed by atoms with Crippen molar-refractivity contribution in [2.75, 3.05) is 40.0 Å². The molecule has 0 saturated carbocycles. The standard InChI is InChI=1S/C23H28N2O6S/c1-17-6-4-5-7-20(17)15-24(3)22(26)16-31-23(27)19-9-8-18(2)21(14-19)32(28,29)25-10-12-30-13-11-25/h4-9,14H,10-13,15-16H2,1-3H3. The minimum absolute atomic E-state index is 0.0526. The number of hydrogen-bond donors (Lipinski definition) is 0. The van der Waals surface area contributed by atoms with Gasteiger partial charge in [-0.05, 0) is 42.7 Å². The van der Waals surface area contributed by atoms with Gasteiger partial charge in [0.1, 0.15) is 0 Å². The zero-order valence-corrected chi connectivity index (χ0v) is 19.4. The SMILES string of the molecule is Cc1ccccc1CN(C)C(=O)COC(=O)c1ccc(C)c(S(=O)(=O)N2CCOCC2)c1. The molecule has 32 heavy (non-hydrogen) atoms. The molecule has 2 aromatic rings. The van der Waals surface area contributed by atoms with Gasteiger partial charge in [-0.15, -0.1) is 0 Å². The van der Waals surface area contributed by atoms with Gasteiger partial charge in [0.05, 0.1) is 23.7 Å². The molecule has 1 amide bonds. The van der Waals surface area contributed by atoms with Crippen LogP contribution in [0.5, 0.6) is 0 Å². The molecule has 0 radical (unpaired) electrons. The van der Waals surface area contributed by atoms with Crippen LogP contribution in [0.15, 0.2) is 47.4 Å². The molecular formula is C23H28N2O6S. The summed E-state index contributed by atoms with van der Waals surface area (Å²) in [6.07, 6.45) is 0. The Balaban J connectivity index is 1.66. The largest absolute Gasteiger partial charge is 0.452 e. The van der Waals surface area contributed by atoms with E-state index in [4.69, 9.17) is 9.47 Å². The van der Waals surface area contributed by atoms with E-state index in [2.05, 4.69) is 0 Å². The minimum Gasteiger partial charge on any atom is -0.452 e. The molecule has 0 spiro atoms. The molecule has 172 valence electrons. The van der Waals surface area contributed by atoms with Crippen molar-refractivity contribution in [2.45, 2.75) is 25.3 Å². The lowest BCUT2D eigenvalue weighted by atomic mass is 10.1. The van der Waals surface area contributed by atoms with Gasteiger partial charge in [-0.1, -0.05) is 30.3 Å². The summed E-state index contributed by atoms with van der Waals surface area (Å²) < 4.78 is 37.7. The van der Waals surface area contributed by atoms with E-state index in [1.807, 2.05) is 31.2 Å². The average molecular weight is 461 g/mol. The van der Waals surface area contributed by atoms with Crippen molar-refractivity contribution < 1.29 is 27.5 Å². The van der Waals surface area contributed by atoms with Crippen LogP contribution < -0.4 is 0 Å². The molecular weight excluding hydrogens is 432 g/mol. The molecule has 0 atom stereocenters. The summed E-state index contributed by atoms with van der Waals surface area (Å²) in [7, 11) is -2.12. The van der Waals surface area contributed by atoms with Crippen molar-refractivity contribution in [1.29, 1.82) is 0 Å². The first kappa shape index (κ1) is 23.9. The molecule has 0 bridgehead atoms. The molecule has 9 heteroatoms. The molecule has 0 aliphatic carbocycles. The monoisotopic (exact) mass is 460 g/mol. The third kappa shape index (κ3) is 5.53. The highest BCUT2D eigenvalue weighted by atomic mass is 32.2. The number of benzene rings is 2. The first-order chi connectivity index (χ1) is 15.2. The summed E-state index contributed by atoms with van der Waals surface area (Å²) in [5.74, 6) is -1.10. The van der Waals surface area contributed by atoms with Gasteiger partial charge in [-0.25, -0.2) is 13.2 Å². The lowest BCUT2D eigenvalue weighted by Gasteiger charge is -2.26. The number of rotatable bonds is 7. The lowest BCUT2D eigenvalue weighted by Crippen LogP contribution is -2.40. The predicted octanol–water partition coefficient (Wildman–Crippen LogP) is 2.14. The number of aryl methyl sites for hydroxylation is 2. The Bertz CT molecular complexity index is 1090. The number of hydrogen-bond acceptors (Lipinski definition) is 6. The third-order valence-corrected chi connectivity index (χ3v) is 7.47. The van der Waals surface area contributed by atoms with Gasteiger partial charge < -0.3 is 14.4 Å².